The van der Waals surface area contributed by atoms with Crippen LogP contribution in [0.4, 0.5) is 0 Å². The summed E-state index contributed by atoms with van der Waals surface area (Å²) in [7, 11) is 0. The maximum Gasteiger partial charge on any atom is 0.0951 e. The van der Waals surface area contributed by atoms with E-state index < -0.39 is 5.60 Å². The smallest absolute Gasteiger partial charge is 0.0951 e. The Balaban J connectivity index is 1.55. The van der Waals surface area contributed by atoms with E-state index in [1.165, 1.54) is 0 Å². The Morgan fingerprint density at radius 2 is 2.17 bits per heavy atom. The number of likely N-dealkylation sites (tertiary alicyclic amines) is 1. The predicted octanol–water partition coefficient (Wildman–Crippen LogP) is 1.17. The highest BCUT2D eigenvalue weighted by atomic mass is 16.6. The molecule has 0 bridgehead atoms. The van der Waals surface area contributed by atoms with Crippen LogP contribution in [0, 0.1) is 0 Å². The first kappa shape index (κ1) is 12.9. The highest BCUT2D eigenvalue weighted by molar-refractivity contribution is 5.01. The predicted molar refractivity (Wildman–Crippen MR) is 68.6 cm³/mol. The molecular weight excluding hydrogens is 230 g/mol. The summed E-state index contributed by atoms with van der Waals surface area (Å²) in [6.07, 6.45) is 5.21. The number of nitrogens with zero attached hydrogens (tertiary/aromatic N) is 1. The minimum atomic E-state index is -0.410. The first-order valence-electron chi connectivity index (χ1n) is 7.33. The molecule has 0 amide bonds. The molecule has 1 N–H and O–H groups in total. The topological polar surface area (TPSA) is 41.9 Å². The zero-order valence-corrected chi connectivity index (χ0v) is 11.4. The molecule has 18 heavy (non-hydrogen) atoms. The number of hydrogen-bond acceptors (Lipinski definition) is 4. The van der Waals surface area contributed by atoms with Crippen molar-refractivity contribution < 1.29 is 14.6 Å². The average molecular weight is 255 g/mol. The zero-order chi connectivity index (χ0) is 12.6. The van der Waals surface area contributed by atoms with Crippen LogP contribution < -0.4 is 0 Å². The van der Waals surface area contributed by atoms with Gasteiger partial charge in [-0.25, -0.2) is 0 Å². The van der Waals surface area contributed by atoms with Crippen molar-refractivity contribution in [2.24, 2.45) is 0 Å². The number of aliphatic hydroxyl groups is 1. The quantitative estimate of drug-likeness (QED) is 0.822. The van der Waals surface area contributed by atoms with Crippen LogP contribution in [0.5, 0.6) is 0 Å². The van der Waals surface area contributed by atoms with Crippen molar-refractivity contribution in [3.05, 3.63) is 0 Å². The van der Waals surface area contributed by atoms with Gasteiger partial charge in [0.15, 0.2) is 0 Å². The molecule has 0 saturated carbocycles. The summed E-state index contributed by atoms with van der Waals surface area (Å²) in [6.45, 7) is 6.28. The second kappa shape index (κ2) is 4.75. The van der Waals surface area contributed by atoms with Gasteiger partial charge >= 0.3 is 0 Å². The van der Waals surface area contributed by atoms with E-state index in [-0.39, 0.29) is 5.60 Å². The Morgan fingerprint density at radius 3 is 2.83 bits per heavy atom. The summed E-state index contributed by atoms with van der Waals surface area (Å²) in [4.78, 5) is 2.44. The Kier molecular flexibility index (Phi) is 3.39. The Hall–Kier alpha value is -0.160. The lowest BCUT2D eigenvalue weighted by atomic mass is 9.82. The molecule has 0 aromatic heterocycles. The van der Waals surface area contributed by atoms with Gasteiger partial charge in [0.05, 0.1) is 17.8 Å². The van der Waals surface area contributed by atoms with Gasteiger partial charge in [0.1, 0.15) is 0 Å². The monoisotopic (exact) mass is 255 g/mol. The molecule has 0 aromatic carbocycles. The molecule has 0 aromatic rings. The Bertz CT molecular complexity index is 295. The fourth-order valence-electron chi connectivity index (χ4n) is 3.77. The first-order chi connectivity index (χ1) is 8.65. The fraction of sp³-hybridized carbons (Fsp3) is 1.00. The third-order valence-electron chi connectivity index (χ3n) is 4.76. The van der Waals surface area contributed by atoms with E-state index in [0.29, 0.717) is 6.04 Å². The largest absolute Gasteiger partial charge is 0.387 e. The third-order valence-corrected chi connectivity index (χ3v) is 4.76. The summed E-state index contributed by atoms with van der Waals surface area (Å²) in [5, 5.41) is 10.3. The molecule has 4 nitrogen and oxygen atoms in total. The van der Waals surface area contributed by atoms with E-state index in [1.807, 2.05) is 0 Å². The van der Waals surface area contributed by atoms with Crippen LogP contribution in [0.1, 0.15) is 39.0 Å². The normalized spacial score (nSPS) is 40.0. The minimum Gasteiger partial charge on any atom is -0.387 e. The Morgan fingerprint density at radius 1 is 1.33 bits per heavy atom. The SMILES string of the molecule is CCCC1(O)CN(C2CCOC3(CCOC3)C2)C1. The summed E-state index contributed by atoms with van der Waals surface area (Å²) < 4.78 is 11.5. The molecule has 2 atom stereocenters. The van der Waals surface area contributed by atoms with Gasteiger partial charge in [-0.05, 0) is 19.3 Å². The number of hydrogen-bond donors (Lipinski definition) is 1. The maximum absolute atomic E-state index is 10.3. The van der Waals surface area contributed by atoms with Crippen molar-refractivity contribution in [3.8, 4) is 0 Å². The lowest BCUT2D eigenvalue weighted by Crippen LogP contribution is -2.66. The standard InChI is InChI=1S/C14H25NO3/c1-2-4-13(16)9-15(10-13)12-3-6-18-14(8-12)5-7-17-11-14/h12,16H,2-11H2,1H3. The number of rotatable bonds is 3. The molecular formula is C14H25NO3. The van der Waals surface area contributed by atoms with Gasteiger partial charge in [-0.1, -0.05) is 13.3 Å². The second-order valence-electron chi connectivity index (χ2n) is 6.36. The van der Waals surface area contributed by atoms with Gasteiger partial charge in [-0.2, -0.15) is 0 Å². The van der Waals surface area contributed by atoms with E-state index in [2.05, 4.69) is 11.8 Å². The molecule has 104 valence electrons. The van der Waals surface area contributed by atoms with E-state index in [4.69, 9.17) is 9.47 Å². The zero-order valence-electron chi connectivity index (χ0n) is 11.4. The summed E-state index contributed by atoms with van der Waals surface area (Å²) in [5.41, 5.74) is -0.423. The van der Waals surface area contributed by atoms with Gasteiger partial charge in [-0.15, -0.1) is 0 Å². The van der Waals surface area contributed by atoms with Crippen LogP contribution in [-0.4, -0.2) is 60.2 Å². The van der Waals surface area contributed by atoms with Gasteiger partial charge in [0, 0.05) is 38.8 Å². The van der Waals surface area contributed by atoms with Crippen LogP contribution in [0.25, 0.3) is 0 Å². The highest BCUT2D eigenvalue weighted by Gasteiger charge is 2.48. The third kappa shape index (κ3) is 2.31. The molecule has 3 rings (SSSR count). The van der Waals surface area contributed by atoms with Crippen molar-refractivity contribution in [3.63, 3.8) is 0 Å². The van der Waals surface area contributed by atoms with Gasteiger partial charge in [0.2, 0.25) is 0 Å². The van der Waals surface area contributed by atoms with Gasteiger partial charge < -0.3 is 14.6 Å². The van der Waals surface area contributed by atoms with Gasteiger partial charge in [0.25, 0.3) is 0 Å². The fourth-order valence-corrected chi connectivity index (χ4v) is 3.77. The molecule has 3 saturated heterocycles. The summed E-state index contributed by atoms with van der Waals surface area (Å²) >= 11 is 0. The van der Waals surface area contributed by atoms with Crippen molar-refractivity contribution in [1.82, 2.24) is 4.90 Å². The minimum absolute atomic E-state index is 0.0125. The molecule has 0 radical (unpaired) electrons. The van der Waals surface area contributed by atoms with E-state index in [9.17, 15) is 5.11 Å². The van der Waals surface area contributed by atoms with Crippen LogP contribution in [-0.2, 0) is 9.47 Å². The van der Waals surface area contributed by atoms with Crippen LogP contribution in [0.3, 0.4) is 0 Å². The summed E-state index contributed by atoms with van der Waals surface area (Å²) in [5.74, 6) is 0. The molecule has 3 fully saturated rings. The number of β-amino-alcohol motifs (C(OH)–C–C–N with tert-alkyl or cyclic N) is 1. The van der Waals surface area contributed by atoms with Crippen molar-refractivity contribution in [2.75, 3.05) is 32.9 Å². The van der Waals surface area contributed by atoms with E-state index in [0.717, 1.165) is 65.0 Å². The van der Waals surface area contributed by atoms with Crippen LogP contribution in [0.15, 0.2) is 0 Å². The first-order valence-corrected chi connectivity index (χ1v) is 7.33. The average Bonchev–Trinajstić information content (AvgIpc) is 2.74. The van der Waals surface area contributed by atoms with Crippen LogP contribution >= 0.6 is 0 Å². The van der Waals surface area contributed by atoms with Crippen molar-refractivity contribution >= 4 is 0 Å². The van der Waals surface area contributed by atoms with Gasteiger partial charge in [-0.3, -0.25) is 4.90 Å². The highest BCUT2D eigenvalue weighted by Crippen LogP contribution is 2.38. The molecule has 0 aliphatic carbocycles. The van der Waals surface area contributed by atoms with E-state index >= 15 is 0 Å². The van der Waals surface area contributed by atoms with Crippen molar-refractivity contribution in [2.45, 2.75) is 56.3 Å². The molecule has 3 aliphatic heterocycles. The molecule has 4 heteroatoms. The van der Waals surface area contributed by atoms with Crippen LogP contribution in [0.2, 0.25) is 0 Å². The summed E-state index contributed by atoms with van der Waals surface area (Å²) in [6, 6.07) is 0.581. The molecule has 3 aliphatic rings. The van der Waals surface area contributed by atoms with Crippen molar-refractivity contribution in [1.29, 1.82) is 0 Å². The molecule has 3 heterocycles. The molecule has 1 spiro atoms. The lowest BCUT2D eigenvalue weighted by Gasteiger charge is -2.53. The molecule has 2 unspecified atom stereocenters. The maximum atomic E-state index is 10.3. The second-order valence-corrected chi connectivity index (χ2v) is 6.36. The number of ether oxygens (including phenoxy) is 2. The lowest BCUT2D eigenvalue weighted by molar-refractivity contribution is -0.161. The Labute approximate surface area is 109 Å². The van der Waals surface area contributed by atoms with E-state index in [1.54, 1.807) is 0 Å².